The lowest BCUT2D eigenvalue weighted by molar-refractivity contribution is 0.479. The molecule has 192 valence electrons. The molecule has 11 heteroatoms. The molecule has 3 aromatic heterocycles. The van der Waals surface area contributed by atoms with E-state index in [4.69, 9.17) is 15.0 Å². The van der Waals surface area contributed by atoms with Crippen LogP contribution in [0.1, 0.15) is 12.5 Å². The molecule has 0 amide bonds. The molecule has 1 aliphatic rings. The Morgan fingerprint density at radius 3 is 2.63 bits per heavy atom. The lowest BCUT2D eigenvalue weighted by Crippen LogP contribution is -2.43. The molecule has 0 spiro atoms. The van der Waals surface area contributed by atoms with Gasteiger partial charge in [0.25, 0.3) is 0 Å². The minimum Gasteiger partial charge on any atom is -0.457 e. The van der Waals surface area contributed by atoms with E-state index < -0.39 is 0 Å². The highest BCUT2D eigenvalue weighted by Gasteiger charge is 2.14. The van der Waals surface area contributed by atoms with E-state index in [1.165, 1.54) is 6.92 Å². The second kappa shape index (κ2) is 11.1. The van der Waals surface area contributed by atoms with E-state index in [2.05, 4.69) is 35.8 Å². The van der Waals surface area contributed by atoms with Gasteiger partial charge in [0.05, 0.1) is 17.1 Å². The van der Waals surface area contributed by atoms with Gasteiger partial charge in [0.15, 0.2) is 5.82 Å². The van der Waals surface area contributed by atoms with Crippen molar-refractivity contribution in [1.29, 1.82) is 5.26 Å². The summed E-state index contributed by atoms with van der Waals surface area (Å²) in [7, 11) is 1.87. The fourth-order valence-corrected chi connectivity index (χ4v) is 4.28. The van der Waals surface area contributed by atoms with Gasteiger partial charge in [-0.1, -0.05) is 5.21 Å². The molecule has 1 aliphatic heterocycles. The largest absolute Gasteiger partial charge is 0.457 e. The molecule has 5 aromatic rings. The molecule has 1 saturated heterocycles. The molecule has 1 fully saturated rings. The molecule has 4 heterocycles. The summed E-state index contributed by atoms with van der Waals surface area (Å²) in [5, 5.41) is 22.3. The van der Waals surface area contributed by atoms with Crippen molar-refractivity contribution < 1.29 is 4.74 Å². The summed E-state index contributed by atoms with van der Waals surface area (Å²) in [4.78, 5) is 16.0. The van der Waals surface area contributed by atoms with Crippen LogP contribution in [0.5, 0.6) is 11.5 Å². The van der Waals surface area contributed by atoms with Crippen LogP contribution >= 0.6 is 0 Å². The second-order valence-corrected chi connectivity index (χ2v) is 8.79. The summed E-state index contributed by atoms with van der Waals surface area (Å²) in [6, 6.07) is 17.5. The van der Waals surface area contributed by atoms with Crippen LogP contribution in [0.4, 0.5) is 17.3 Å². The van der Waals surface area contributed by atoms with Crippen molar-refractivity contribution in [2.24, 2.45) is 7.05 Å². The SMILES string of the molecule is CC#N.Cc1cc(Nc2ncnc3ccc(N4CCNCC4)nc23)ccc1Oc1ccc2c(c1)nnn2C. The molecular formula is C27H28N10O. The maximum atomic E-state index is 7.32. The maximum absolute atomic E-state index is 7.32. The Morgan fingerprint density at radius 2 is 1.84 bits per heavy atom. The zero-order chi connectivity index (χ0) is 26.5. The smallest absolute Gasteiger partial charge is 0.160 e. The number of anilines is 3. The molecule has 0 unspecified atom stereocenters. The van der Waals surface area contributed by atoms with Crippen molar-refractivity contribution in [3.63, 3.8) is 0 Å². The van der Waals surface area contributed by atoms with Gasteiger partial charge in [-0.3, -0.25) is 0 Å². The third kappa shape index (κ3) is 5.30. The summed E-state index contributed by atoms with van der Waals surface area (Å²) in [5.74, 6) is 3.10. The number of rotatable bonds is 5. The topological polar surface area (TPSA) is 130 Å². The van der Waals surface area contributed by atoms with Crippen LogP contribution in [0.25, 0.3) is 22.1 Å². The standard InChI is InChI=1S/C25H25N9O.C2H3N/c1-16-13-17(3-7-22(16)35-18-4-6-21-20(14-18)31-32-33(21)2)29-25-24-19(27-15-28-25)5-8-23(30-24)34-11-9-26-10-12-34;1-2-3/h3-8,13-15,26H,9-12H2,1-2H3,(H,27,28,29);1H3. The van der Waals surface area contributed by atoms with Crippen molar-refractivity contribution in [2.75, 3.05) is 36.4 Å². The summed E-state index contributed by atoms with van der Waals surface area (Å²) in [5.41, 5.74) is 5.19. The summed E-state index contributed by atoms with van der Waals surface area (Å²) in [6.07, 6.45) is 1.56. The normalized spacial score (nSPS) is 13.1. The van der Waals surface area contributed by atoms with Crippen LogP contribution in [0.15, 0.2) is 54.9 Å². The summed E-state index contributed by atoms with van der Waals surface area (Å²) < 4.78 is 7.87. The third-order valence-corrected chi connectivity index (χ3v) is 6.16. The van der Waals surface area contributed by atoms with Crippen molar-refractivity contribution in [2.45, 2.75) is 13.8 Å². The molecule has 38 heavy (non-hydrogen) atoms. The number of hydrogen-bond acceptors (Lipinski definition) is 10. The first kappa shape index (κ1) is 24.9. The van der Waals surface area contributed by atoms with Gasteiger partial charge in [0.1, 0.15) is 34.7 Å². The lowest BCUT2D eigenvalue weighted by atomic mass is 10.2. The number of benzene rings is 2. The van der Waals surface area contributed by atoms with Crippen LogP contribution in [-0.4, -0.2) is 56.1 Å². The quantitative estimate of drug-likeness (QED) is 0.358. The first-order chi connectivity index (χ1) is 18.6. The Kier molecular flexibility index (Phi) is 7.24. The zero-order valence-corrected chi connectivity index (χ0v) is 21.5. The number of nitrogens with zero attached hydrogens (tertiary/aromatic N) is 8. The van der Waals surface area contributed by atoms with Gasteiger partial charge in [-0.2, -0.15) is 5.26 Å². The minimum absolute atomic E-state index is 0.674. The van der Waals surface area contributed by atoms with Gasteiger partial charge in [-0.25, -0.2) is 19.6 Å². The Hall–Kier alpha value is -4.82. The molecule has 2 aromatic carbocycles. The van der Waals surface area contributed by atoms with E-state index in [0.717, 1.165) is 71.1 Å². The van der Waals surface area contributed by atoms with Crippen molar-refractivity contribution in [1.82, 2.24) is 35.3 Å². The van der Waals surface area contributed by atoms with E-state index in [1.54, 1.807) is 17.1 Å². The molecule has 0 atom stereocenters. The number of piperazine rings is 1. The van der Waals surface area contributed by atoms with E-state index >= 15 is 0 Å². The van der Waals surface area contributed by atoms with Crippen LogP contribution < -0.4 is 20.3 Å². The average Bonchev–Trinajstić information content (AvgIpc) is 3.31. The second-order valence-electron chi connectivity index (χ2n) is 8.79. The van der Waals surface area contributed by atoms with Crippen LogP contribution in [-0.2, 0) is 7.05 Å². The minimum atomic E-state index is 0.674. The van der Waals surface area contributed by atoms with Crippen LogP contribution in [0.3, 0.4) is 0 Å². The fraction of sp³-hybridized carbons (Fsp3) is 0.259. The van der Waals surface area contributed by atoms with Crippen molar-refractivity contribution >= 4 is 39.4 Å². The van der Waals surface area contributed by atoms with Gasteiger partial charge in [-0.05, 0) is 55.0 Å². The number of ether oxygens (including phenoxy) is 1. The van der Waals surface area contributed by atoms with E-state index in [0.29, 0.717) is 11.6 Å². The molecule has 0 aliphatic carbocycles. The molecule has 6 rings (SSSR count). The van der Waals surface area contributed by atoms with Crippen molar-refractivity contribution in [3.05, 3.63) is 60.4 Å². The Labute approximate surface area is 220 Å². The molecule has 0 bridgehead atoms. The molecule has 0 saturated carbocycles. The van der Waals surface area contributed by atoms with Gasteiger partial charge in [0.2, 0.25) is 0 Å². The fourth-order valence-electron chi connectivity index (χ4n) is 4.28. The van der Waals surface area contributed by atoms with E-state index in [-0.39, 0.29) is 0 Å². The van der Waals surface area contributed by atoms with Crippen molar-refractivity contribution in [3.8, 4) is 17.6 Å². The number of aromatic nitrogens is 6. The number of pyridine rings is 1. The Balaban J connectivity index is 0.000000937. The van der Waals surface area contributed by atoms with Gasteiger partial charge in [0, 0.05) is 51.9 Å². The highest BCUT2D eigenvalue weighted by Crippen LogP contribution is 2.31. The third-order valence-electron chi connectivity index (χ3n) is 6.16. The van der Waals surface area contributed by atoms with E-state index in [1.807, 2.05) is 62.5 Å². The number of aryl methyl sites for hydroxylation is 2. The monoisotopic (exact) mass is 508 g/mol. The predicted molar refractivity (Wildman–Crippen MR) is 147 cm³/mol. The van der Waals surface area contributed by atoms with Gasteiger partial charge >= 0.3 is 0 Å². The molecular weight excluding hydrogens is 480 g/mol. The molecule has 0 radical (unpaired) electrons. The van der Waals surface area contributed by atoms with Crippen LogP contribution in [0.2, 0.25) is 0 Å². The highest BCUT2D eigenvalue weighted by molar-refractivity contribution is 5.88. The summed E-state index contributed by atoms with van der Waals surface area (Å²) in [6.45, 7) is 7.21. The number of nitriles is 1. The lowest BCUT2D eigenvalue weighted by Gasteiger charge is -2.28. The summed E-state index contributed by atoms with van der Waals surface area (Å²) >= 11 is 0. The first-order valence-electron chi connectivity index (χ1n) is 12.3. The number of nitrogens with one attached hydrogen (secondary N) is 2. The van der Waals surface area contributed by atoms with Gasteiger partial charge in [-0.15, -0.1) is 5.10 Å². The van der Waals surface area contributed by atoms with Gasteiger partial charge < -0.3 is 20.3 Å². The Bertz CT molecular complexity index is 1620. The Morgan fingerprint density at radius 1 is 1.03 bits per heavy atom. The first-order valence-corrected chi connectivity index (χ1v) is 12.3. The van der Waals surface area contributed by atoms with E-state index in [9.17, 15) is 0 Å². The number of hydrogen-bond donors (Lipinski definition) is 2. The zero-order valence-electron chi connectivity index (χ0n) is 21.5. The predicted octanol–water partition coefficient (Wildman–Crippen LogP) is 4.09. The average molecular weight is 509 g/mol. The number of fused-ring (bicyclic) bond motifs is 2. The maximum Gasteiger partial charge on any atom is 0.160 e. The molecule has 2 N–H and O–H groups in total. The van der Waals surface area contributed by atoms with Crippen LogP contribution in [0, 0.1) is 18.3 Å². The highest BCUT2D eigenvalue weighted by atomic mass is 16.5. The molecule has 11 nitrogen and oxygen atoms in total.